The molecule has 0 saturated carbocycles. The number of benzene rings is 2. The van der Waals surface area contributed by atoms with E-state index in [0.717, 1.165) is 17.0 Å². The van der Waals surface area contributed by atoms with Crippen molar-refractivity contribution in [3.8, 4) is 17.2 Å². The molecule has 134 valence electrons. The van der Waals surface area contributed by atoms with E-state index in [-0.39, 0.29) is 5.91 Å². The first kappa shape index (κ1) is 18.0. The van der Waals surface area contributed by atoms with Gasteiger partial charge in [0.1, 0.15) is 22.2 Å². The average molecular weight is 387 g/mol. The van der Waals surface area contributed by atoms with Crippen molar-refractivity contribution in [1.29, 1.82) is 0 Å². The number of ether oxygens (including phenoxy) is 2. The molecule has 0 unspecified atom stereocenters. The molecule has 3 aromatic rings. The number of hydrogen-bond donors (Lipinski definition) is 2. The van der Waals surface area contributed by atoms with Crippen LogP contribution in [0.4, 0.5) is 11.5 Å². The number of nitrogens with one attached hydrogen (secondary N) is 1. The van der Waals surface area contributed by atoms with Crippen LogP contribution in [-0.4, -0.2) is 24.7 Å². The molecule has 6 nitrogen and oxygen atoms in total. The number of thiazole rings is 1. The van der Waals surface area contributed by atoms with Crippen molar-refractivity contribution in [1.82, 2.24) is 4.57 Å². The van der Waals surface area contributed by atoms with E-state index in [1.54, 1.807) is 29.9 Å². The summed E-state index contributed by atoms with van der Waals surface area (Å²) in [5, 5.41) is 2.81. The van der Waals surface area contributed by atoms with Gasteiger partial charge in [0.2, 0.25) is 0 Å². The minimum absolute atomic E-state index is 0.297. The van der Waals surface area contributed by atoms with Crippen molar-refractivity contribution in [2.45, 2.75) is 0 Å². The third-order valence-corrected chi connectivity index (χ3v) is 5.11. The fraction of sp³-hybridized carbons (Fsp3) is 0.111. The highest BCUT2D eigenvalue weighted by atomic mass is 32.1. The molecule has 1 amide bonds. The SMILES string of the molecule is COc1ccc(OC)c(NC(=O)c2sc(=S)n(-c3ccccc3)c2N)c1. The Morgan fingerprint density at radius 3 is 2.54 bits per heavy atom. The van der Waals surface area contributed by atoms with E-state index < -0.39 is 0 Å². The van der Waals surface area contributed by atoms with Crippen LogP contribution in [-0.2, 0) is 0 Å². The first-order valence-electron chi connectivity index (χ1n) is 7.65. The van der Waals surface area contributed by atoms with E-state index in [0.29, 0.717) is 31.8 Å². The molecule has 0 bridgehead atoms. The minimum atomic E-state index is -0.361. The summed E-state index contributed by atoms with van der Waals surface area (Å²) in [5.74, 6) is 1.05. The number of amides is 1. The van der Waals surface area contributed by atoms with Gasteiger partial charge < -0.3 is 20.5 Å². The van der Waals surface area contributed by atoms with Crippen LogP contribution in [0.25, 0.3) is 5.69 Å². The van der Waals surface area contributed by atoms with E-state index in [4.69, 9.17) is 27.4 Å². The van der Waals surface area contributed by atoms with Crippen LogP contribution in [0, 0.1) is 3.95 Å². The average Bonchev–Trinajstić information content (AvgIpc) is 2.96. The lowest BCUT2D eigenvalue weighted by Gasteiger charge is -2.11. The molecule has 2 aromatic carbocycles. The number of rotatable bonds is 5. The maximum atomic E-state index is 12.8. The molecule has 8 heteroatoms. The summed E-state index contributed by atoms with van der Waals surface area (Å²) in [6.07, 6.45) is 0. The molecule has 0 saturated heterocycles. The quantitative estimate of drug-likeness (QED) is 0.644. The van der Waals surface area contributed by atoms with Crippen LogP contribution in [0.3, 0.4) is 0 Å². The first-order chi connectivity index (χ1) is 12.5. The molecule has 0 radical (unpaired) electrons. The van der Waals surface area contributed by atoms with Gasteiger partial charge in [0.15, 0.2) is 3.95 Å². The Labute approximate surface area is 159 Å². The monoisotopic (exact) mass is 387 g/mol. The third-order valence-electron chi connectivity index (χ3n) is 3.72. The summed E-state index contributed by atoms with van der Waals surface area (Å²) in [6, 6.07) is 14.6. The summed E-state index contributed by atoms with van der Waals surface area (Å²) in [4.78, 5) is 13.1. The predicted octanol–water partition coefficient (Wildman–Crippen LogP) is 4.12. The fourth-order valence-corrected chi connectivity index (χ4v) is 3.72. The van der Waals surface area contributed by atoms with Crippen molar-refractivity contribution >= 4 is 41.0 Å². The Hall–Kier alpha value is -2.84. The summed E-state index contributed by atoms with van der Waals surface area (Å²) in [5.41, 5.74) is 7.50. The van der Waals surface area contributed by atoms with Gasteiger partial charge in [-0.3, -0.25) is 9.36 Å². The molecule has 0 aliphatic carbocycles. The minimum Gasteiger partial charge on any atom is -0.497 e. The topological polar surface area (TPSA) is 78.5 Å². The van der Waals surface area contributed by atoms with Gasteiger partial charge in [0.25, 0.3) is 5.91 Å². The Morgan fingerprint density at radius 1 is 1.15 bits per heavy atom. The van der Waals surface area contributed by atoms with Gasteiger partial charge in [0.05, 0.1) is 19.9 Å². The molecule has 0 fully saturated rings. The second-order valence-corrected chi connectivity index (χ2v) is 6.92. The number of carbonyl (C=O) groups is 1. The third kappa shape index (κ3) is 3.42. The number of nitrogens with two attached hydrogens (primary N) is 1. The zero-order valence-corrected chi connectivity index (χ0v) is 15.8. The van der Waals surface area contributed by atoms with E-state index in [2.05, 4.69) is 5.32 Å². The predicted molar refractivity (Wildman–Crippen MR) is 106 cm³/mol. The molecule has 3 rings (SSSR count). The van der Waals surface area contributed by atoms with E-state index >= 15 is 0 Å². The molecule has 1 aromatic heterocycles. The molecule has 0 spiro atoms. The number of carbonyl (C=O) groups excluding carboxylic acids is 1. The van der Waals surface area contributed by atoms with Crippen LogP contribution < -0.4 is 20.5 Å². The van der Waals surface area contributed by atoms with Crippen LogP contribution >= 0.6 is 23.6 Å². The molecule has 0 aliphatic heterocycles. The zero-order valence-electron chi connectivity index (χ0n) is 14.2. The Balaban J connectivity index is 1.96. The maximum absolute atomic E-state index is 12.8. The summed E-state index contributed by atoms with van der Waals surface area (Å²) in [6.45, 7) is 0. The van der Waals surface area contributed by atoms with Gasteiger partial charge in [0, 0.05) is 11.8 Å². The maximum Gasteiger partial charge on any atom is 0.269 e. The molecule has 0 atom stereocenters. The number of hydrogen-bond acceptors (Lipinski definition) is 6. The number of para-hydroxylation sites is 1. The molecule has 1 heterocycles. The Morgan fingerprint density at radius 2 is 1.88 bits per heavy atom. The van der Waals surface area contributed by atoms with Crippen molar-refractivity contribution in [3.63, 3.8) is 0 Å². The number of nitrogen functional groups attached to an aromatic ring is 1. The summed E-state index contributed by atoms with van der Waals surface area (Å²) < 4.78 is 12.7. The van der Waals surface area contributed by atoms with Gasteiger partial charge >= 0.3 is 0 Å². The van der Waals surface area contributed by atoms with E-state index in [1.165, 1.54) is 7.11 Å². The van der Waals surface area contributed by atoms with Gasteiger partial charge in [-0.25, -0.2) is 0 Å². The lowest BCUT2D eigenvalue weighted by Crippen LogP contribution is -2.14. The largest absolute Gasteiger partial charge is 0.497 e. The smallest absolute Gasteiger partial charge is 0.269 e. The van der Waals surface area contributed by atoms with Crippen molar-refractivity contribution in [2.75, 3.05) is 25.3 Å². The molecular weight excluding hydrogens is 370 g/mol. The highest BCUT2D eigenvalue weighted by Gasteiger charge is 2.19. The molecule has 3 N–H and O–H groups in total. The number of nitrogens with zero attached hydrogens (tertiary/aromatic N) is 1. The zero-order chi connectivity index (χ0) is 18.7. The number of aromatic nitrogens is 1. The van der Waals surface area contributed by atoms with Crippen LogP contribution in [0.5, 0.6) is 11.5 Å². The first-order valence-corrected chi connectivity index (χ1v) is 8.87. The molecule has 0 aliphatic rings. The molecular formula is C18H17N3O3S2. The van der Waals surface area contributed by atoms with Crippen molar-refractivity contribution in [2.24, 2.45) is 0 Å². The van der Waals surface area contributed by atoms with Crippen LogP contribution in [0.1, 0.15) is 9.67 Å². The van der Waals surface area contributed by atoms with E-state index in [9.17, 15) is 4.79 Å². The van der Waals surface area contributed by atoms with Gasteiger partial charge in [-0.05, 0) is 36.5 Å². The highest BCUT2D eigenvalue weighted by molar-refractivity contribution is 7.73. The van der Waals surface area contributed by atoms with E-state index in [1.807, 2.05) is 30.3 Å². The van der Waals surface area contributed by atoms with Gasteiger partial charge in [-0.1, -0.05) is 29.5 Å². The lowest BCUT2D eigenvalue weighted by atomic mass is 10.2. The van der Waals surface area contributed by atoms with Crippen LogP contribution in [0.2, 0.25) is 0 Å². The highest BCUT2D eigenvalue weighted by Crippen LogP contribution is 2.31. The van der Waals surface area contributed by atoms with Crippen molar-refractivity contribution in [3.05, 3.63) is 57.4 Å². The Bertz CT molecular complexity index is 997. The van der Waals surface area contributed by atoms with Crippen molar-refractivity contribution < 1.29 is 14.3 Å². The van der Waals surface area contributed by atoms with Crippen LogP contribution in [0.15, 0.2) is 48.5 Å². The lowest BCUT2D eigenvalue weighted by molar-refractivity contribution is 0.103. The standard InChI is InChI=1S/C18H17N3O3S2/c1-23-12-8-9-14(24-2)13(10-12)20-17(22)15-16(19)21(18(25)26-15)11-6-4-3-5-7-11/h3-10H,19H2,1-2H3,(H,20,22). The second-order valence-electron chi connectivity index (χ2n) is 5.27. The molecule has 26 heavy (non-hydrogen) atoms. The number of anilines is 2. The number of methoxy groups -OCH3 is 2. The summed E-state index contributed by atoms with van der Waals surface area (Å²) >= 11 is 6.55. The normalized spacial score (nSPS) is 10.4. The second kappa shape index (κ2) is 7.59. The summed E-state index contributed by atoms with van der Waals surface area (Å²) in [7, 11) is 3.08. The van der Waals surface area contributed by atoms with Gasteiger partial charge in [-0.2, -0.15) is 0 Å². The fourth-order valence-electron chi connectivity index (χ4n) is 2.46. The van der Waals surface area contributed by atoms with Gasteiger partial charge in [-0.15, -0.1) is 0 Å². The Kier molecular flexibility index (Phi) is 5.24.